The number of hydrogen-bond acceptors (Lipinski definition) is 0. The fraction of sp³-hybridized carbons (Fsp3) is 0.0968. The molecule has 0 unspecified atom stereocenters. The number of benzene rings is 4. The molecule has 0 saturated carbocycles. The van der Waals surface area contributed by atoms with Gasteiger partial charge in [-0.15, -0.1) is 0 Å². The summed E-state index contributed by atoms with van der Waals surface area (Å²) in [4.78, 5) is 0. The molecule has 0 amide bonds. The van der Waals surface area contributed by atoms with Gasteiger partial charge in [-0.2, -0.15) is 0 Å². The maximum absolute atomic E-state index is 3.82. The van der Waals surface area contributed by atoms with Crippen LogP contribution in [0, 0.1) is 0 Å². The Morgan fingerprint density at radius 1 is 0.548 bits per heavy atom. The van der Waals surface area contributed by atoms with E-state index in [1.165, 1.54) is 27.8 Å². The molecule has 0 heterocycles. The van der Waals surface area contributed by atoms with Crippen LogP contribution in [-0.2, 0) is 5.41 Å². The van der Waals surface area contributed by atoms with Gasteiger partial charge in [-0.25, -0.2) is 0 Å². The van der Waals surface area contributed by atoms with E-state index in [0.717, 1.165) is 5.56 Å². The van der Waals surface area contributed by atoms with Crippen LogP contribution in [0.3, 0.4) is 0 Å². The first-order valence-corrected chi connectivity index (χ1v) is 10.6. The molecule has 4 rings (SSSR count). The van der Waals surface area contributed by atoms with Gasteiger partial charge in [0.25, 0.3) is 0 Å². The van der Waals surface area contributed by atoms with E-state index in [0.29, 0.717) is 0 Å². The predicted molar refractivity (Wildman–Crippen MR) is 137 cm³/mol. The topological polar surface area (TPSA) is 0 Å². The molecule has 0 atom stereocenters. The molecular weight excluding hydrogens is 372 g/mol. The van der Waals surface area contributed by atoms with Gasteiger partial charge in [-0.05, 0) is 33.4 Å². The van der Waals surface area contributed by atoms with Crippen LogP contribution in [0.25, 0.3) is 23.3 Å². The van der Waals surface area contributed by atoms with E-state index in [1.54, 1.807) is 0 Å². The van der Waals surface area contributed by atoms with Gasteiger partial charge in [-0.1, -0.05) is 148 Å². The van der Waals surface area contributed by atoms with Crippen molar-refractivity contribution in [2.24, 2.45) is 0 Å². The third kappa shape index (κ3) is 5.49. The third-order valence-electron chi connectivity index (χ3n) is 5.63. The molecule has 0 aromatic heterocycles. The maximum Gasteiger partial charge on any atom is 0.0146 e. The normalized spacial score (nSPS) is 10.5. The summed E-state index contributed by atoms with van der Waals surface area (Å²) in [6, 6.07) is 37.8. The van der Waals surface area contributed by atoms with Gasteiger partial charge in [0.1, 0.15) is 0 Å². The van der Waals surface area contributed by atoms with Gasteiger partial charge in [-0.3, -0.25) is 0 Å². The second kappa shape index (κ2) is 10.4. The van der Waals surface area contributed by atoms with Crippen molar-refractivity contribution in [2.45, 2.75) is 19.3 Å². The Kier molecular flexibility index (Phi) is 7.40. The molecule has 0 spiro atoms. The highest BCUT2D eigenvalue weighted by Gasteiger charge is 2.22. The summed E-state index contributed by atoms with van der Waals surface area (Å²) in [5.41, 5.74) is 7.53. The van der Waals surface area contributed by atoms with Crippen molar-refractivity contribution in [1.29, 1.82) is 0 Å². The van der Waals surface area contributed by atoms with Gasteiger partial charge >= 0.3 is 0 Å². The van der Waals surface area contributed by atoms with Crippen LogP contribution >= 0.6 is 0 Å². The first-order chi connectivity index (χ1) is 15.1. The molecule has 154 valence electrons. The lowest BCUT2D eigenvalue weighted by atomic mass is 9.78. The van der Waals surface area contributed by atoms with Crippen LogP contribution in [0.5, 0.6) is 0 Å². The lowest BCUT2D eigenvalue weighted by Crippen LogP contribution is -2.18. The lowest BCUT2D eigenvalue weighted by molar-refractivity contribution is 0.641. The Balaban J connectivity index is 0.000000179. The largest absolute Gasteiger partial charge is 0.0985 e. The zero-order valence-corrected chi connectivity index (χ0v) is 18.5. The zero-order chi connectivity index (χ0) is 22.1. The Hall–Kier alpha value is -3.64. The van der Waals surface area contributed by atoms with Gasteiger partial charge < -0.3 is 0 Å². The molecule has 0 aliphatic heterocycles. The molecular formula is C31H30. The molecule has 0 nitrogen and oxygen atoms in total. The van der Waals surface area contributed by atoms with Gasteiger partial charge in [0, 0.05) is 5.41 Å². The highest BCUT2D eigenvalue weighted by atomic mass is 14.3. The van der Waals surface area contributed by atoms with E-state index in [9.17, 15) is 0 Å². The van der Waals surface area contributed by atoms with E-state index in [4.69, 9.17) is 0 Å². The van der Waals surface area contributed by atoms with Crippen molar-refractivity contribution < 1.29 is 0 Å². The fourth-order valence-corrected chi connectivity index (χ4v) is 3.61. The number of hydrogen-bond donors (Lipinski definition) is 0. The quantitative estimate of drug-likeness (QED) is 0.313. The van der Waals surface area contributed by atoms with Crippen LogP contribution < -0.4 is 0 Å². The molecule has 0 fully saturated rings. The summed E-state index contributed by atoms with van der Waals surface area (Å²) in [5.74, 6) is 0. The van der Waals surface area contributed by atoms with Crippen molar-refractivity contribution in [3.8, 4) is 11.1 Å². The highest BCUT2D eigenvalue weighted by molar-refractivity contribution is 5.74. The molecule has 0 aliphatic carbocycles. The smallest absolute Gasteiger partial charge is 0.0146 e. The summed E-state index contributed by atoms with van der Waals surface area (Å²) >= 11 is 0. The van der Waals surface area contributed by atoms with Crippen molar-refractivity contribution in [3.05, 3.63) is 145 Å². The summed E-state index contributed by atoms with van der Waals surface area (Å²) < 4.78 is 0. The molecule has 0 bridgehead atoms. The van der Waals surface area contributed by atoms with Gasteiger partial charge in [0.2, 0.25) is 0 Å². The monoisotopic (exact) mass is 402 g/mol. The minimum Gasteiger partial charge on any atom is -0.0985 e. The molecule has 0 saturated heterocycles. The van der Waals surface area contributed by atoms with Crippen LogP contribution in [0.2, 0.25) is 0 Å². The Morgan fingerprint density at radius 2 is 1.06 bits per heavy atom. The second-order valence-electron chi connectivity index (χ2n) is 7.97. The summed E-state index contributed by atoms with van der Waals surface area (Å²) in [6.07, 6.45) is 3.77. The Labute approximate surface area is 187 Å². The average molecular weight is 403 g/mol. The Bertz CT molecular complexity index is 1100. The van der Waals surface area contributed by atoms with Crippen LogP contribution in [0.4, 0.5) is 0 Å². The standard InChI is InChI=1S/C17H18.C14H12/c1-4-14-10-12-16(13-11-14)17(2,3)15-8-6-5-7-9-15;1-2-12-8-6-7-11-14(12)13-9-4-3-5-10-13/h4-13H,1H2,2-3H3;2-11H,1H2. The van der Waals surface area contributed by atoms with Crippen molar-refractivity contribution in [2.75, 3.05) is 0 Å². The molecule has 0 heteroatoms. The molecule has 4 aromatic rings. The van der Waals surface area contributed by atoms with Crippen LogP contribution in [-0.4, -0.2) is 0 Å². The minimum atomic E-state index is 0.0426. The molecule has 0 radical (unpaired) electrons. The van der Waals surface area contributed by atoms with Gasteiger partial charge in [0.15, 0.2) is 0 Å². The van der Waals surface area contributed by atoms with Crippen molar-refractivity contribution in [1.82, 2.24) is 0 Å². The van der Waals surface area contributed by atoms with Crippen molar-refractivity contribution >= 4 is 12.2 Å². The summed E-state index contributed by atoms with van der Waals surface area (Å²) in [7, 11) is 0. The van der Waals surface area contributed by atoms with Gasteiger partial charge in [0.05, 0.1) is 0 Å². The van der Waals surface area contributed by atoms with E-state index >= 15 is 0 Å². The fourth-order valence-electron chi connectivity index (χ4n) is 3.61. The van der Waals surface area contributed by atoms with Crippen LogP contribution in [0.1, 0.15) is 36.1 Å². The van der Waals surface area contributed by atoms with E-state index < -0.39 is 0 Å². The third-order valence-corrected chi connectivity index (χ3v) is 5.63. The molecule has 0 aliphatic rings. The highest BCUT2D eigenvalue weighted by Crippen LogP contribution is 2.31. The molecule has 4 aromatic carbocycles. The summed E-state index contributed by atoms with van der Waals surface area (Å²) in [6.45, 7) is 12.1. The zero-order valence-electron chi connectivity index (χ0n) is 18.5. The molecule has 0 N–H and O–H groups in total. The van der Waals surface area contributed by atoms with Crippen molar-refractivity contribution in [3.63, 3.8) is 0 Å². The maximum atomic E-state index is 3.82. The van der Waals surface area contributed by atoms with E-state index in [1.807, 2.05) is 24.3 Å². The van der Waals surface area contributed by atoms with E-state index in [2.05, 4.69) is 124 Å². The first-order valence-electron chi connectivity index (χ1n) is 10.6. The second-order valence-corrected chi connectivity index (χ2v) is 7.97. The van der Waals surface area contributed by atoms with E-state index in [-0.39, 0.29) is 5.41 Å². The Morgan fingerprint density at radius 3 is 1.65 bits per heavy atom. The SMILES string of the molecule is C=Cc1ccc(C(C)(C)c2ccccc2)cc1.C=Cc1ccccc1-c1ccccc1. The molecule has 31 heavy (non-hydrogen) atoms. The minimum absolute atomic E-state index is 0.0426. The lowest BCUT2D eigenvalue weighted by Gasteiger charge is -2.26. The predicted octanol–water partition coefficient (Wildman–Crippen LogP) is 8.65. The van der Waals surface area contributed by atoms with Crippen LogP contribution in [0.15, 0.2) is 122 Å². The summed E-state index contributed by atoms with van der Waals surface area (Å²) in [5, 5.41) is 0. The number of rotatable bonds is 5. The average Bonchev–Trinajstić information content (AvgIpc) is 2.85. The first kappa shape index (κ1) is 22.1.